The van der Waals surface area contributed by atoms with Crippen molar-refractivity contribution in [3.8, 4) is 0 Å². The molecule has 0 radical (unpaired) electrons. The summed E-state index contributed by atoms with van der Waals surface area (Å²) < 4.78 is 0. The average Bonchev–Trinajstić information content (AvgIpc) is 2.68. The Hall–Kier alpha value is -1.29. The van der Waals surface area contributed by atoms with E-state index in [4.69, 9.17) is 16.7 Å². The van der Waals surface area contributed by atoms with Gasteiger partial charge in [-0.2, -0.15) is 0 Å². The van der Waals surface area contributed by atoms with Gasteiger partial charge in [0.05, 0.1) is 24.7 Å². The van der Waals surface area contributed by atoms with Crippen molar-refractivity contribution in [1.82, 2.24) is 9.88 Å². The van der Waals surface area contributed by atoms with Gasteiger partial charge in [0.2, 0.25) is 0 Å². The van der Waals surface area contributed by atoms with Gasteiger partial charge in [-0.1, -0.05) is 0 Å². The van der Waals surface area contributed by atoms with E-state index in [0.717, 1.165) is 28.1 Å². The molecule has 0 saturated heterocycles. The Morgan fingerprint density at radius 1 is 1.44 bits per heavy atom. The van der Waals surface area contributed by atoms with Crippen LogP contribution >= 0.6 is 11.6 Å². The van der Waals surface area contributed by atoms with Crippen molar-refractivity contribution >= 4 is 17.7 Å². The van der Waals surface area contributed by atoms with Crippen LogP contribution in [0.1, 0.15) is 28.1 Å². The summed E-state index contributed by atoms with van der Waals surface area (Å²) >= 11 is 5.83. The van der Waals surface area contributed by atoms with Crippen LogP contribution in [0, 0.1) is 13.8 Å². The molecular weight excluding hydrogens is 228 g/mol. The molecule has 1 aliphatic heterocycles. The summed E-state index contributed by atoms with van der Waals surface area (Å²) in [6.07, 6.45) is -0.895. The largest absolute Gasteiger partial charge is 0.465 e. The van der Waals surface area contributed by atoms with E-state index < -0.39 is 6.09 Å². The number of aryl methyl sites for hydroxylation is 1. The first-order chi connectivity index (χ1) is 7.54. The molecule has 1 N–H and O–H groups in total. The molecule has 2 heterocycles. The van der Waals surface area contributed by atoms with Crippen LogP contribution < -0.4 is 0 Å². The Labute approximate surface area is 98.9 Å². The van der Waals surface area contributed by atoms with Crippen molar-refractivity contribution < 1.29 is 9.90 Å². The predicted octanol–water partition coefficient (Wildman–Crippen LogP) is 2.43. The van der Waals surface area contributed by atoms with Gasteiger partial charge in [0, 0.05) is 5.69 Å². The van der Waals surface area contributed by atoms with Gasteiger partial charge < -0.3 is 5.11 Å². The highest BCUT2D eigenvalue weighted by molar-refractivity contribution is 6.17. The van der Waals surface area contributed by atoms with E-state index >= 15 is 0 Å². The fourth-order valence-electron chi connectivity index (χ4n) is 2.06. The van der Waals surface area contributed by atoms with E-state index in [0.29, 0.717) is 19.0 Å². The fraction of sp³-hybridized carbons (Fsp3) is 0.455. The van der Waals surface area contributed by atoms with Crippen LogP contribution in [0.3, 0.4) is 0 Å². The molecule has 1 aromatic rings. The lowest BCUT2D eigenvalue weighted by Crippen LogP contribution is -2.22. The van der Waals surface area contributed by atoms with Crippen LogP contribution in [-0.4, -0.2) is 21.1 Å². The van der Waals surface area contributed by atoms with Gasteiger partial charge in [-0.15, -0.1) is 11.6 Å². The molecule has 0 unspecified atom stereocenters. The quantitative estimate of drug-likeness (QED) is 0.767. The maximum absolute atomic E-state index is 10.9. The molecule has 4 nitrogen and oxygen atoms in total. The normalized spacial score (nSPS) is 14.1. The molecule has 0 spiro atoms. The number of pyridine rings is 1. The summed E-state index contributed by atoms with van der Waals surface area (Å²) in [5.41, 5.74) is 4.88. The summed E-state index contributed by atoms with van der Waals surface area (Å²) in [7, 11) is 0. The van der Waals surface area contributed by atoms with Gasteiger partial charge in [-0.3, -0.25) is 9.88 Å². The average molecular weight is 241 g/mol. The Bertz CT molecular complexity index is 460. The van der Waals surface area contributed by atoms with Crippen LogP contribution in [0.25, 0.3) is 0 Å². The monoisotopic (exact) mass is 240 g/mol. The van der Waals surface area contributed by atoms with Gasteiger partial charge >= 0.3 is 6.09 Å². The Morgan fingerprint density at radius 2 is 2.06 bits per heavy atom. The van der Waals surface area contributed by atoms with E-state index in [9.17, 15) is 4.79 Å². The lowest BCUT2D eigenvalue weighted by atomic mass is 10.0. The van der Waals surface area contributed by atoms with E-state index in [1.165, 1.54) is 4.90 Å². The zero-order chi connectivity index (χ0) is 11.9. The highest BCUT2D eigenvalue weighted by Crippen LogP contribution is 2.29. The van der Waals surface area contributed by atoms with Crippen LogP contribution in [0.2, 0.25) is 0 Å². The minimum Gasteiger partial charge on any atom is -0.465 e. The number of amides is 1. The van der Waals surface area contributed by atoms with Gasteiger partial charge in [0.1, 0.15) is 0 Å². The van der Waals surface area contributed by atoms with Crippen molar-refractivity contribution in [2.45, 2.75) is 32.8 Å². The lowest BCUT2D eigenvalue weighted by Gasteiger charge is -2.09. The second-order valence-electron chi connectivity index (χ2n) is 4.00. The third-order valence-electron chi connectivity index (χ3n) is 3.11. The summed E-state index contributed by atoms with van der Waals surface area (Å²) in [6.45, 7) is 4.75. The molecule has 0 aromatic carbocycles. The van der Waals surface area contributed by atoms with Crippen molar-refractivity contribution in [3.63, 3.8) is 0 Å². The summed E-state index contributed by atoms with van der Waals surface area (Å²) in [5.74, 6) is 0.330. The number of alkyl halides is 1. The molecule has 2 rings (SSSR count). The maximum Gasteiger partial charge on any atom is 0.407 e. The van der Waals surface area contributed by atoms with Crippen molar-refractivity contribution in [1.29, 1.82) is 0 Å². The first kappa shape index (κ1) is 11.2. The van der Waals surface area contributed by atoms with Crippen LogP contribution in [0.15, 0.2) is 0 Å². The molecule has 0 atom stereocenters. The Balaban J connectivity index is 2.50. The smallest absolute Gasteiger partial charge is 0.407 e. The molecule has 0 saturated carbocycles. The number of carbonyl (C=O) groups is 1. The van der Waals surface area contributed by atoms with E-state index in [1.54, 1.807) is 0 Å². The second-order valence-corrected chi connectivity index (χ2v) is 4.27. The summed E-state index contributed by atoms with van der Waals surface area (Å²) in [4.78, 5) is 16.7. The molecule has 5 heteroatoms. The van der Waals surface area contributed by atoms with Crippen LogP contribution in [-0.2, 0) is 19.0 Å². The zero-order valence-electron chi connectivity index (χ0n) is 9.25. The fourth-order valence-corrected chi connectivity index (χ4v) is 2.28. The molecule has 86 valence electrons. The number of aromatic nitrogens is 1. The number of rotatable bonds is 1. The number of nitrogens with zero attached hydrogens (tertiary/aromatic N) is 2. The molecule has 16 heavy (non-hydrogen) atoms. The van der Waals surface area contributed by atoms with E-state index in [-0.39, 0.29) is 0 Å². The van der Waals surface area contributed by atoms with Crippen molar-refractivity contribution in [2.75, 3.05) is 0 Å². The predicted molar refractivity (Wildman–Crippen MR) is 60.5 cm³/mol. The number of fused-ring (bicyclic) bond motifs is 1. The minimum absolute atomic E-state index is 0.330. The highest BCUT2D eigenvalue weighted by Gasteiger charge is 2.27. The molecule has 1 amide bonds. The van der Waals surface area contributed by atoms with Gasteiger partial charge in [0.15, 0.2) is 0 Å². The molecule has 1 aliphatic rings. The van der Waals surface area contributed by atoms with E-state index in [1.807, 2.05) is 13.8 Å². The molecule has 0 fully saturated rings. The minimum atomic E-state index is -0.895. The molecule has 0 bridgehead atoms. The third-order valence-corrected chi connectivity index (χ3v) is 3.36. The number of carboxylic acid groups (broad SMARTS) is 1. The summed E-state index contributed by atoms with van der Waals surface area (Å²) in [5, 5.41) is 8.98. The zero-order valence-corrected chi connectivity index (χ0v) is 10.0. The van der Waals surface area contributed by atoms with Gasteiger partial charge in [-0.05, 0) is 30.5 Å². The van der Waals surface area contributed by atoms with Crippen molar-refractivity contribution in [2.24, 2.45) is 0 Å². The first-order valence-corrected chi connectivity index (χ1v) is 5.59. The number of halogens is 1. The standard InChI is InChI=1S/C11H13ClN2O2/c1-6-7(2)13-10(3-12)9-5-14(11(15)16)4-8(6)9/h3-5H2,1-2H3,(H,15,16). The Morgan fingerprint density at radius 3 is 2.62 bits per heavy atom. The SMILES string of the molecule is Cc1nc(CCl)c2c(c1C)CN(C(=O)O)C2. The second kappa shape index (κ2) is 3.94. The number of hydrogen-bond donors (Lipinski definition) is 1. The maximum atomic E-state index is 10.9. The van der Waals surface area contributed by atoms with Crippen LogP contribution in [0.5, 0.6) is 0 Å². The molecule has 1 aromatic heterocycles. The highest BCUT2D eigenvalue weighted by atomic mass is 35.5. The van der Waals surface area contributed by atoms with E-state index in [2.05, 4.69) is 4.98 Å². The van der Waals surface area contributed by atoms with Crippen LogP contribution in [0.4, 0.5) is 4.79 Å². The van der Waals surface area contributed by atoms with Crippen molar-refractivity contribution in [3.05, 3.63) is 28.1 Å². The topological polar surface area (TPSA) is 53.4 Å². The van der Waals surface area contributed by atoms with Gasteiger partial charge in [-0.25, -0.2) is 4.79 Å². The third kappa shape index (κ3) is 1.63. The molecular formula is C11H13ClN2O2. The van der Waals surface area contributed by atoms with Gasteiger partial charge in [0.25, 0.3) is 0 Å². The number of hydrogen-bond acceptors (Lipinski definition) is 2. The Kier molecular flexibility index (Phi) is 2.76. The molecule has 0 aliphatic carbocycles. The first-order valence-electron chi connectivity index (χ1n) is 5.06. The summed E-state index contributed by atoms with van der Waals surface area (Å²) in [6, 6.07) is 0. The lowest BCUT2D eigenvalue weighted by molar-refractivity contribution is 0.145.